The van der Waals surface area contributed by atoms with Gasteiger partial charge in [0, 0.05) is 19.6 Å². The maximum Gasteiger partial charge on any atom is 0.0706 e. The molecule has 2 aliphatic rings. The molecule has 0 spiro atoms. The Labute approximate surface area is 170 Å². The fourth-order valence-electron chi connectivity index (χ4n) is 3.07. The van der Waals surface area contributed by atoms with E-state index in [1.54, 1.807) is 0 Å². The van der Waals surface area contributed by atoms with Gasteiger partial charge >= 0.3 is 0 Å². The van der Waals surface area contributed by atoms with Gasteiger partial charge in [-0.05, 0) is 46.2 Å². The first-order chi connectivity index (χ1) is 12.7. The predicted octanol–water partition coefficient (Wildman–Crippen LogP) is 8.35. The van der Waals surface area contributed by atoms with Gasteiger partial charge in [-0.2, -0.15) is 0 Å². The average Bonchev–Trinajstić information content (AvgIpc) is 3.27. The second kappa shape index (κ2) is 6.61. The van der Waals surface area contributed by atoms with Crippen LogP contribution in [0, 0.1) is 0 Å². The minimum Gasteiger partial charge on any atom is -0.0984 e. The molecule has 0 aromatic heterocycles. The largest absolute Gasteiger partial charge is 0.0984 e. The van der Waals surface area contributed by atoms with Crippen molar-refractivity contribution in [3.05, 3.63) is 81.3 Å². The summed E-state index contributed by atoms with van der Waals surface area (Å²) in [6, 6.07) is 17.7. The lowest BCUT2D eigenvalue weighted by molar-refractivity contribution is 1.25. The van der Waals surface area contributed by atoms with Gasteiger partial charge < -0.3 is 0 Å². The lowest BCUT2D eigenvalue weighted by Crippen LogP contribution is -1.82. The highest BCUT2D eigenvalue weighted by Gasteiger charge is 2.27. The molecule has 0 radical (unpaired) electrons. The molecule has 0 saturated carbocycles. The van der Waals surface area contributed by atoms with E-state index >= 15 is 0 Å². The van der Waals surface area contributed by atoms with Gasteiger partial charge in [-0.15, -0.1) is 0 Å². The second-order valence-electron chi connectivity index (χ2n) is 5.97. The minimum absolute atomic E-state index is 1.15. The van der Waals surface area contributed by atoms with E-state index in [0.29, 0.717) is 0 Å². The Morgan fingerprint density at radius 2 is 0.962 bits per heavy atom. The van der Waals surface area contributed by atoms with Crippen molar-refractivity contribution >= 4 is 70.0 Å². The fourth-order valence-corrected chi connectivity index (χ4v) is 8.49. The fraction of sp³-hybridized carbons (Fsp3) is 0. The van der Waals surface area contributed by atoms with Crippen LogP contribution in [0.5, 0.6) is 0 Å². The summed E-state index contributed by atoms with van der Waals surface area (Å²) in [7, 11) is 0. The van der Waals surface area contributed by atoms with Gasteiger partial charge in [0.25, 0.3) is 0 Å². The van der Waals surface area contributed by atoms with Crippen LogP contribution in [-0.4, -0.2) is 0 Å². The van der Waals surface area contributed by atoms with Crippen LogP contribution in [0.25, 0.3) is 22.9 Å². The molecule has 4 heteroatoms. The van der Waals surface area contributed by atoms with E-state index in [1.165, 1.54) is 38.8 Å². The van der Waals surface area contributed by atoms with Gasteiger partial charge in [0.1, 0.15) is 0 Å². The molecule has 0 nitrogen and oxygen atoms in total. The molecule has 26 heavy (non-hydrogen) atoms. The van der Waals surface area contributed by atoms with E-state index in [1.807, 2.05) is 59.2 Å². The predicted molar refractivity (Wildman–Crippen MR) is 121 cm³/mol. The van der Waals surface area contributed by atoms with E-state index < -0.39 is 0 Å². The maximum absolute atomic E-state index is 3.93. The van der Waals surface area contributed by atoms with E-state index in [-0.39, 0.29) is 0 Å². The first-order valence-corrected chi connectivity index (χ1v) is 11.4. The zero-order valence-corrected chi connectivity index (χ0v) is 17.1. The smallest absolute Gasteiger partial charge is 0.0706 e. The van der Waals surface area contributed by atoms with Crippen LogP contribution in [0.2, 0.25) is 0 Å². The molecule has 2 heterocycles. The molecule has 0 N–H and O–H groups in total. The monoisotopic (exact) mass is 406 g/mol. The molecule has 3 aromatic rings. The highest BCUT2D eigenvalue weighted by molar-refractivity contribution is 8.30. The average molecular weight is 407 g/mol. The van der Waals surface area contributed by atoms with Crippen LogP contribution in [0.3, 0.4) is 0 Å². The Morgan fingerprint density at radius 3 is 1.35 bits per heavy atom. The van der Waals surface area contributed by atoms with Crippen LogP contribution in [0.4, 0.5) is 0 Å². The minimum atomic E-state index is 1.15. The summed E-state index contributed by atoms with van der Waals surface area (Å²) in [4.78, 5) is 5.37. The molecular formula is C22H14S4. The molecule has 0 bridgehead atoms. The highest BCUT2D eigenvalue weighted by Crippen LogP contribution is 2.62. The number of fused-ring (bicyclic) bond motifs is 3. The summed E-state index contributed by atoms with van der Waals surface area (Å²) in [6.07, 6.45) is 3.82. The lowest BCUT2D eigenvalue weighted by Gasteiger charge is -2.03. The molecule has 0 amide bonds. The van der Waals surface area contributed by atoms with Gasteiger partial charge in [0.15, 0.2) is 0 Å². The normalized spacial score (nSPS) is 15.2. The Morgan fingerprint density at radius 1 is 0.577 bits per heavy atom. The zero-order chi connectivity index (χ0) is 17.7. The van der Waals surface area contributed by atoms with Gasteiger partial charge in [-0.1, -0.05) is 96.6 Å². The van der Waals surface area contributed by atoms with Crippen LogP contribution in [-0.2, 0) is 0 Å². The molecule has 0 atom stereocenters. The van der Waals surface area contributed by atoms with Crippen molar-refractivity contribution in [1.29, 1.82) is 0 Å². The molecule has 0 saturated heterocycles. The van der Waals surface area contributed by atoms with Crippen molar-refractivity contribution in [2.45, 2.75) is 19.6 Å². The third-order valence-electron chi connectivity index (χ3n) is 4.38. The van der Waals surface area contributed by atoms with Crippen molar-refractivity contribution in [2.75, 3.05) is 0 Å². The number of rotatable bonds is 2. The number of hydrogen-bond donors (Lipinski definition) is 0. The number of thioether (sulfide) groups is 4. The van der Waals surface area contributed by atoms with Gasteiger partial charge in [-0.25, -0.2) is 0 Å². The van der Waals surface area contributed by atoms with Crippen LogP contribution < -0.4 is 0 Å². The highest BCUT2D eigenvalue weighted by atomic mass is 32.2. The Bertz CT molecular complexity index is 1040. The molecule has 0 unspecified atom stereocenters. The Kier molecular flexibility index (Phi) is 4.24. The van der Waals surface area contributed by atoms with Crippen molar-refractivity contribution in [2.24, 2.45) is 0 Å². The second-order valence-corrected chi connectivity index (χ2v) is 10.7. The first kappa shape index (κ1) is 16.7. The van der Waals surface area contributed by atoms with Crippen molar-refractivity contribution in [3.63, 3.8) is 0 Å². The summed E-state index contributed by atoms with van der Waals surface area (Å²) in [5.41, 5.74) is 2.30. The number of benzene rings is 3. The standard InChI is InChI=1S/C22H14S4/c1-3-13-9-17-18(10-14(13)4-2)24-21(23-17)22-25-19-11-15-7-5-6-8-16(15)12-20(19)26-22/h3-12H,1-2H2. The number of hydrogen-bond acceptors (Lipinski definition) is 4. The maximum atomic E-state index is 3.93. The molecular weight excluding hydrogens is 393 g/mol. The Hall–Kier alpha value is -1.46. The molecule has 0 fully saturated rings. The van der Waals surface area contributed by atoms with Crippen molar-refractivity contribution < 1.29 is 0 Å². The van der Waals surface area contributed by atoms with E-state index in [4.69, 9.17) is 0 Å². The van der Waals surface area contributed by atoms with Crippen LogP contribution >= 0.6 is 47.0 Å². The Balaban J connectivity index is 1.52. The molecule has 126 valence electrons. The topological polar surface area (TPSA) is 0 Å². The summed E-state index contributed by atoms with van der Waals surface area (Å²) in [5.74, 6) is 0. The summed E-state index contributed by atoms with van der Waals surface area (Å²) in [6.45, 7) is 7.86. The molecule has 5 rings (SSSR count). The third kappa shape index (κ3) is 2.76. The van der Waals surface area contributed by atoms with E-state index in [0.717, 1.165) is 11.1 Å². The van der Waals surface area contributed by atoms with Crippen LogP contribution in [0.1, 0.15) is 11.1 Å². The zero-order valence-electron chi connectivity index (χ0n) is 13.8. The molecule has 2 aliphatic heterocycles. The summed E-state index contributed by atoms with van der Waals surface area (Å²) >= 11 is 7.55. The third-order valence-corrected chi connectivity index (χ3v) is 9.94. The van der Waals surface area contributed by atoms with Gasteiger partial charge in [0.2, 0.25) is 0 Å². The SMILES string of the molecule is C=Cc1cc2c(cc1C=C)SC(=C1Sc3cc4ccccc4cc3S1)S2. The van der Waals surface area contributed by atoms with Crippen LogP contribution in [0.15, 0.2) is 89.7 Å². The van der Waals surface area contributed by atoms with Gasteiger partial charge in [0.05, 0.1) is 8.47 Å². The molecule has 0 aliphatic carbocycles. The quantitative estimate of drug-likeness (QED) is 0.419. The lowest BCUT2D eigenvalue weighted by atomic mass is 10.1. The van der Waals surface area contributed by atoms with Gasteiger partial charge in [-0.3, -0.25) is 0 Å². The molecule has 3 aromatic carbocycles. The van der Waals surface area contributed by atoms with E-state index in [9.17, 15) is 0 Å². The van der Waals surface area contributed by atoms with Crippen molar-refractivity contribution in [3.8, 4) is 0 Å². The summed E-state index contributed by atoms with van der Waals surface area (Å²) < 4.78 is 2.77. The van der Waals surface area contributed by atoms with E-state index in [2.05, 4.69) is 61.7 Å². The summed E-state index contributed by atoms with van der Waals surface area (Å²) in [5, 5.41) is 2.62. The first-order valence-electron chi connectivity index (χ1n) is 8.16. The van der Waals surface area contributed by atoms with Crippen molar-refractivity contribution in [1.82, 2.24) is 0 Å².